The second-order valence-electron chi connectivity index (χ2n) is 6.87. The SMILES string of the molecule is COC(C)(C)C1CCC2=CCCC(C)C2(C)C1. The van der Waals surface area contributed by atoms with Crippen molar-refractivity contribution in [3.63, 3.8) is 0 Å². The van der Waals surface area contributed by atoms with Gasteiger partial charge in [0.1, 0.15) is 0 Å². The highest BCUT2D eigenvalue weighted by Gasteiger charge is 2.45. The normalized spacial score (nSPS) is 38.5. The van der Waals surface area contributed by atoms with E-state index in [2.05, 4.69) is 33.8 Å². The lowest BCUT2D eigenvalue weighted by Crippen LogP contribution is -2.43. The van der Waals surface area contributed by atoms with Crippen molar-refractivity contribution in [2.75, 3.05) is 7.11 Å². The maximum atomic E-state index is 5.72. The van der Waals surface area contributed by atoms with E-state index in [1.54, 1.807) is 5.57 Å². The van der Waals surface area contributed by atoms with Gasteiger partial charge in [-0.2, -0.15) is 0 Å². The van der Waals surface area contributed by atoms with Crippen molar-refractivity contribution >= 4 is 0 Å². The van der Waals surface area contributed by atoms with Gasteiger partial charge < -0.3 is 4.74 Å². The largest absolute Gasteiger partial charge is 0.379 e. The fourth-order valence-corrected chi connectivity index (χ4v) is 3.80. The van der Waals surface area contributed by atoms with Crippen LogP contribution in [0.1, 0.15) is 59.8 Å². The van der Waals surface area contributed by atoms with Crippen LogP contribution in [0.15, 0.2) is 11.6 Å². The molecule has 0 aromatic heterocycles. The Balaban J connectivity index is 2.21. The van der Waals surface area contributed by atoms with Crippen LogP contribution >= 0.6 is 0 Å². The van der Waals surface area contributed by atoms with Gasteiger partial charge >= 0.3 is 0 Å². The van der Waals surface area contributed by atoms with E-state index in [1.165, 1.54) is 32.1 Å². The van der Waals surface area contributed by atoms with Crippen LogP contribution in [0.25, 0.3) is 0 Å². The van der Waals surface area contributed by atoms with Crippen LogP contribution in [-0.4, -0.2) is 12.7 Å². The van der Waals surface area contributed by atoms with Crippen molar-refractivity contribution in [3.8, 4) is 0 Å². The smallest absolute Gasteiger partial charge is 0.0651 e. The Morgan fingerprint density at radius 1 is 1.35 bits per heavy atom. The molecule has 0 radical (unpaired) electrons. The Labute approximate surface area is 107 Å². The van der Waals surface area contributed by atoms with E-state index in [9.17, 15) is 0 Å². The van der Waals surface area contributed by atoms with Gasteiger partial charge in [-0.05, 0) is 63.2 Å². The monoisotopic (exact) mass is 236 g/mol. The number of methoxy groups -OCH3 is 1. The molecule has 3 atom stereocenters. The maximum absolute atomic E-state index is 5.72. The third-order valence-electron chi connectivity index (χ3n) is 5.75. The van der Waals surface area contributed by atoms with Gasteiger partial charge in [0.05, 0.1) is 5.60 Å². The maximum Gasteiger partial charge on any atom is 0.0651 e. The molecule has 0 aromatic rings. The summed E-state index contributed by atoms with van der Waals surface area (Å²) in [4.78, 5) is 0. The van der Waals surface area contributed by atoms with Gasteiger partial charge in [-0.1, -0.05) is 25.5 Å². The second kappa shape index (κ2) is 4.42. The van der Waals surface area contributed by atoms with Crippen molar-refractivity contribution in [1.82, 2.24) is 0 Å². The number of hydrogen-bond donors (Lipinski definition) is 0. The highest BCUT2D eigenvalue weighted by molar-refractivity contribution is 5.21. The van der Waals surface area contributed by atoms with Gasteiger partial charge in [-0.25, -0.2) is 0 Å². The van der Waals surface area contributed by atoms with E-state index >= 15 is 0 Å². The molecule has 2 rings (SSSR count). The molecule has 1 saturated carbocycles. The highest BCUT2D eigenvalue weighted by atomic mass is 16.5. The number of fused-ring (bicyclic) bond motifs is 1. The van der Waals surface area contributed by atoms with Gasteiger partial charge in [0.15, 0.2) is 0 Å². The third kappa shape index (κ3) is 2.19. The zero-order valence-corrected chi connectivity index (χ0v) is 12.2. The highest BCUT2D eigenvalue weighted by Crippen LogP contribution is 2.54. The molecule has 17 heavy (non-hydrogen) atoms. The molecule has 1 nitrogen and oxygen atoms in total. The van der Waals surface area contributed by atoms with Gasteiger partial charge in [0.2, 0.25) is 0 Å². The first-order chi connectivity index (χ1) is 7.90. The molecule has 1 fully saturated rings. The summed E-state index contributed by atoms with van der Waals surface area (Å²) in [7, 11) is 1.86. The molecule has 2 aliphatic rings. The van der Waals surface area contributed by atoms with Gasteiger partial charge in [0.25, 0.3) is 0 Å². The number of allylic oxidation sites excluding steroid dienone is 2. The molecule has 0 amide bonds. The second-order valence-corrected chi connectivity index (χ2v) is 6.87. The van der Waals surface area contributed by atoms with Crippen LogP contribution in [0.5, 0.6) is 0 Å². The lowest BCUT2D eigenvalue weighted by molar-refractivity contribution is -0.0572. The van der Waals surface area contributed by atoms with Crippen molar-refractivity contribution in [3.05, 3.63) is 11.6 Å². The Bertz CT molecular complexity index is 315. The van der Waals surface area contributed by atoms with Gasteiger partial charge in [-0.3, -0.25) is 0 Å². The number of rotatable bonds is 2. The van der Waals surface area contributed by atoms with Crippen LogP contribution in [0.4, 0.5) is 0 Å². The minimum absolute atomic E-state index is 0.0334. The van der Waals surface area contributed by atoms with E-state index in [4.69, 9.17) is 4.74 Å². The fourth-order valence-electron chi connectivity index (χ4n) is 3.80. The summed E-state index contributed by atoms with van der Waals surface area (Å²) in [5.41, 5.74) is 2.21. The van der Waals surface area contributed by atoms with Gasteiger partial charge in [-0.15, -0.1) is 0 Å². The van der Waals surface area contributed by atoms with E-state index in [-0.39, 0.29) is 5.60 Å². The molecular formula is C16H28O. The number of hydrogen-bond acceptors (Lipinski definition) is 1. The summed E-state index contributed by atoms with van der Waals surface area (Å²) in [6.45, 7) is 9.43. The quantitative estimate of drug-likeness (QED) is 0.638. The topological polar surface area (TPSA) is 9.23 Å². The predicted octanol–water partition coefficient (Wildman–Crippen LogP) is 4.57. The van der Waals surface area contributed by atoms with E-state index < -0.39 is 0 Å². The minimum atomic E-state index is 0.0334. The van der Waals surface area contributed by atoms with E-state index in [0.29, 0.717) is 11.3 Å². The fraction of sp³-hybridized carbons (Fsp3) is 0.875. The van der Waals surface area contributed by atoms with Crippen LogP contribution < -0.4 is 0 Å². The molecule has 0 bridgehead atoms. The summed E-state index contributed by atoms with van der Waals surface area (Å²) in [6.07, 6.45) is 9.08. The Morgan fingerprint density at radius 3 is 2.71 bits per heavy atom. The Kier molecular flexibility index (Phi) is 3.42. The first-order valence-electron chi connectivity index (χ1n) is 7.15. The lowest BCUT2D eigenvalue weighted by atomic mass is 9.56. The van der Waals surface area contributed by atoms with Crippen molar-refractivity contribution < 1.29 is 4.74 Å². The summed E-state index contributed by atoms with van der Waals surface area (Å²) in [6, 6.07) is 0. The van der Waals surface area contributed by atoms with Gasteiger partial charge in [0, 0.05) is 7.11 Å². The molecule has 3 unspecified atom stereocenters. The summed E-state index contributed by atoms with van der Waals surface area (Å²) >= 11 is 0. The predicted molar refractivity (Wildman–Crippen MR) is 73.0 cm³/mol. The van der Waals surface area contributed by atoms with Crippen molar-refractivity contribution in [1.29, 1.82) is 0 Å². The molecule has 2 aliphatic carbocycles. The Morgan fingerprint density at radius 2 is 2.06 bits per heavy atom. The summed E-state index contributed by atoms with van der Waals surface area (Å²) in [5, 5.41) is 0. The number of ether oxygens (including phenoxy) is 1. The first kappa shape index (κ1) is 13.1. The van der Waals surface area contributed by atoms with Crippen LogP contribution in [0, 0.1) is 17.3 Å². The molecule has 0 heterocycles. The third-order valence-corrected chi connectivity index (χ3v) is 5.75. The molecule has 0 saturated heterocycles. The molecule has 1 heteroatoms. The zero-order chi connectivity index (χ0) is 12.7. The molecule has 0 N–H and O–H groups in total. The van der Waals surface area contributed by atoms with Crippen molar-refractivity contribution in [2.24, 2.45) is 17.3 Å². The van der Waals surface area contributed by atoms with Crippen molar-refractivity contribution in [2.45, 2.75) is 65.4 Å². The first-order valence-corrected chi connectivity index (χ1v) is 7.15. The lowest BCUT2D eigenvalue weighted by Gasteiger charge is -2.50. The molecule has 0 aromatic carbocycles. The van der Waals surface area contributed by atoms with E-state index in [0.717, 1.165) is 5.92 Å². The van der Waals surface area contributed by atoms with Crippen LogP contribution in [0.2, 0.25) is 0 Å². The molecule has 0 spiro atoms. The minimum Gasteiger partial charge on any atom is -0.379 e. The van der Waals surface area contributed by atoms with Crippen LogP contribution in [0.3, 0.4) is 0 Å². The molecule has 98 valence electrons. The van der Waals surface area contributed by atoms with E-state index in [1.807, 2.05) is 7.11 Å². The average Bonchev–Trinajstić information content (AvgIpc) is 2.30. The molecule has 0 aliphatic heterocycles. The standard InChI is InChI=1S/C16H28O/c1-12-7-6-8-13-9-10-14(11-16(12,13)4)15(2,3)17-5/h8,12,14H,6-7,9-11H2,1-5H3. The summed E-state index contributed by atoms with van der Waals surface area (Å²) in [5.74, 6) is 1.54. The zero-order valence-electron chi connectivity index (χ0n) is 12.2. The Hall–Kier alpha value is -0.300. The average molecular weight is 236 g/mol. The molecular weight excluding hydrogens is 208 g/mol. The summed E-state index contributed by atoms with van der Waals surface area (Å²) < 4.78 is 5.72. The van der Waals surface area contributed by atoms with Crippen LogP contribution in [-0.2, 0) is 4.74 Å².